The lowest BCUT2D eigenvalue weighted by molar-refractivity contribution is -0.0181. The minimum absolute atomic E-state index is 0.0884. The van der Waals surface area contributed by atoms with E-state index in [0.717, 1.165) is 26.8 Å². The van der Waals surface area contributed by atoms with Crippen LogP contribution in [0.4, 0.5) is 8.78 Å². The lowest BCUT2D eigenvalue weighted by Gasteiger charge is -2.33. The number of nitrogens with zero attached hydrogens (tertiary/aromatic N) is 4. The van der Waals surface area contributed by atoms with Gasteiger partial charge in [0.1, 0.15) is 53.7 Å². The number of aromatic nitrogens is 4. The molecule has 10 heteroatoms. The average Bonchev–Trinajstić information content (AvgIpc) is 3.61. The number of rotatable bonds is 9. The fraction of sp³-hybridized carbons (Fsp3) is 0.179. The molecule has 0 saturated heterocycles. The Morgan fingerprint density at radius 2 is 1.82 bits per heavy atom. The molecule has 0 bridgehead atoms. The molecule has 2 heterocycles. The van der Waals surface area contributed by atoms with E-state index in [1.165, 1.54) is 23.4 Å². The smallest absolute Gasteiger partial charge is 0.143 e. The first-order chi connectivity index (χ1) is 18.3. The summed E-state index contributed by atoms with van der Waals surface area (Å²) in [4.78, 5) is 3.89. The standard InChI is InChI=1S/C28H23F2IN4O3/c1-18(28(36,15-35-17-32-16-33-35)24-11-6-21(29)12-25(24)30)27-13-26(34-38-27)20-4-9-23(10-5-20)37-14-19-2-7-22(31)8-3-19/h2-13,16-18,36H,14-15H2,1H3/t18-,28+/m0/s1. The molecule has 0 aliphatic carbocycles. The number of hydrogen-bond donors (Lipinski definition) is 1. The first kappa shape index (κ1) is 26.0. The Kier molecular flexibility index (Phi) is 7.52. The molecule has 0 spiro atoms. The summed E-state index contributed by atoms with van der Waals surface area (Å²) >= 11 is 2.26. The predicted molar refractivity (Wildman–Crippen MR) is 144 cm³/mol. The van der Waals surface area contributed by atoms with Crippen molar-refractivity contribution in [3.63, 3.8) is 0 Å². The number of aliphatic hydroxyl groups is 1. The van der Waals surface area contributed by atoms with Crippen LogP contribution in [0.25, 0.3) is 11.3 Å². The van der Waals surface area contributed by atoms with Crippen molar-refractivity contribution in [2.24, 2.45) is 0 Å². The fourth-order valence-corrected chi connectivity index (χ4v) is 4.55. The van der Waals surface area contributed by atoms with Crippen LogP contribution < -0.4 is 4.74 Å². The van der Waals surface area contributed by atoms with Gasteiger partial charge in [-0.2, -0.15) is 5.10 Å². The minimum atomic E-state index is -1.84. The summed E-state index contributed by atoms with van der Waals surface area (Å²) in [6.07, 6.45) is 2.72. The first-order valence-electron chi connectivity index (χ1n) is 11.8. The van der Waals surface area contributed by atoms with E-state index in [1.54, 1.807) is 13.0 Å². The minimum Gasteiger partial charge on any atom is -0.489 e. The highest BCUT2D eigenvalue weighted by Crippen LogP contribution is 2.40. The molecule has 2 atom stereocenters. The Bertz CT molecular complexity index is 1510. The second-order valence-electron chi connectivity index (χ2n) is 8.92. The van der Waals surface area contributed by atoms with Gasteiger partial charge in [-0.25, -0.2) is 18.4 Å². The van der Waals surface area contributed by atoms with E-state index in [2.05, 4.69) is 37.8 Å². The summed E-state index contributed by atoms with van der Waals surface area (Å²) in [6.45, 7) is 2.00. The van der Waals surface area contributed by atoms with Gasteiger partial charge in [-0.05, 0) is 70.6 Å². The SMILES string of the molecule is C[C@@H](c1cc(-c2ccc(OCc3ccc(I)cc3)cc2)no1)[C@](O)(Cn1cncn1)c1ccc(F)cc1F. The Morgan fingerprint density at radius 1 is 1.05 bits per heavy atom. The van der Waals surface area contributed by atoms with Crippen molar-refractivity contribution < 1.29 is 23.1 Å². The molecule has 5 rings (SSSR count). The summed E-state index contributed by atoms with van der Waals surface area (Å²) in [7, 11) is 0. The van der Waals surface area contributed by atoms with Gasteiger partial charge in [0.25, 0.3) is 0 Å². The van der Waals surface area contributed by atoms with Crippen LogP contribution in [0.5, 0.6) is 5.75 Å². The number of ether oxygens (including phenoxy) is 1. The monoisotopic (exact) mass is 628 g/mol. The van der Waals surface area contributed by atoms with Crippen LogP contribution in [-0.2, 0) is 18.8 Å². The topological polar surface area (TPSA) is 86.2 Å². The van der Waals surface area contributed by atoms with E-state index < -0.39 is 23.2 Å². The molecule has 0 radical (unpaired) electrons. The van der Waals surface area contributed by atoms with Gasteiger partial charge >= 0.3 is 0 Å². The number of halogens is 3. The molecule has 5 aromatic rings. The maximum absolute atomic E-state index is 14.8. The van der Waals surface area contributed by atoms with Gasteiger partial charge in [-0.1, -0.05) is 30.3 Å². The summed E-state index contributed by atoms with van der Waals surface area (Å²) < 4.78 is 42.5. The Labute approximate surface area is 231 Å². The molecule has 0 saturated carbocycles. The molecule has 0 unspecified atom stereocenters. The van der Waals surface area contributed by atoms with Crippen molar-refractivity contribution in [2.75, 3.05) is 0 Å². The third-order valence-corrected chi connectivity index (χ3v) is 7.13. The van der Waals surface area contributed by atoms with Gasteiger partial charge in [-0.3, -0.25) is 0 Å². The van der Waals surface area contributed by atoms with Crippen molar-refractivity contribution in [3.8, 4) is 17.0 Å². The van der Waals surface area contributed by atoms with Crippen molar-refractivity contribution >= 4 is 22.6 Å². The summed E-state index contributed by atoms with van der Waals surface area (Å²) in [6, 6.07) is 20.3. The zero-order valence-corrected chi connectivity index (χ0v) is 22.4. The van der Waals surface area contributed by atoms with Crippen LogP contribution >= 0.6 is 22.6 Å². The van der Waals surface area contributed by atoms with Crippen LogP contribution in [0, 0.1) is 15.2 Å². The molecule has 0 amide bonds. The second kappa shape index (κ2) is 11.0. The maximum Gasteiger partial charge on any atom is 0.143 e. The third-order valence-electron chi connectivity index (χ3n) is 6.41. The van der Waals surface area contributed by atoms with Crippen molar-refractivity contribution in [1.82, 2.24) is 19.9 Å². The maximum atomic E-state index is 14.8. The van der Waals surface area contributed by atoms with E-state index in [9.17, 15) is 13.9 Å². The van der Waals surface area contributed by atoms with Crippen molar-refractivity contribution in [3.05, 3.63) is 118 Å². The lowest BCUT2D eigenvalue weighted by atomic mass is 9.80. The fourth-order valence-electron chi connectivity index (χ4n) is 4.19. The number of benzene rings is 3. The van der Waals surface area contributed by atoms with Crippen LogP contribution in [-0.4, -0.2) is 25.0 Å². The molecule has 0 fully saturated rings. The molecular formula is C28H23F2IN4O3. The normalized spacial score (nSPS) is 13.7. The van der Waals surface area contributed by atoms with Gasteiger partial charge in [-0.15, -0.1) is 0 Å². The second-order valence-corrected chi connectivity index (χ2v) is 10.2. The third kappa shape index (κ3) is 5.60. The zero-order valence-electron chi connectivity index (χ0n) is 20.3. The van der Waals surface area contributed by atoms with Gasteiger partial charge in [0.2, 0.25) is 0 Å². The highest BCUT2D eigenvalue weighted by Gasteiger charge is 2.42. The molecule has 7 nitrogen and oxygen atoms in total. The molecule has 194 valence electrons. The predicted octanol–water partition coefficient (Wildman–Crippen LogP) is 6.09. The molecule has 38 heavy (non-hydrogen) atoms. The van der Waals surface area contributed by atoms with Gasteiger partial charge < -0.3 is 14.4 Å². The van der Waals surface area contributed by atoms with Crippen LogP contribution in [0.2, 0.25) is 0 Å². The summed E-state index contributed by atoms with van der Waals surface area (Å²) in [5.41, 5.74) is 0.463. The van der Waals surface area contributed by atoms with Gasteiger partial charge in [0, 0.05) is 26.8 Å². The highest BCUT2D eigenvalue weighted by molar-refractivity contribution is 14.1. The Balaban J connectivity index is 1.36. The summed E-state index contributed by atoms with van der Waals surface area (Å²) in [5.74, 6) is -1.36. The molecular weight excluding hydrogens is 605 g/mol. The van der Waals surface area contributed by atoms with E-state index in [4.69, 9.17) is 9.26 Å². The largest absolute Gasteiger partial charge is 0.489 e. The highest BCUT2D eigenvalue weighted by atomic mass is 127. The Hall–Kier alpha value is -3.64. The zero-order chi connectivity index (χ0) is 26.7. The number of hydrogen-bond acceptors (Lipinski definition) is 6. The molecule has 0 aliphatic heterocycles. The van der Waals surface area contributed by atoms with E-state index in [-0.39, 0.29) is 12.1 Å². The molecule has 2 aromatic heterocycles. The average molecular weight is 628 g/mol. The van der Waals surface area contributed by atoms with E-state index in [1.807, 2.05) is 48.5 Å². The van der Waals surface area contributed by atoms with Crippen LogP contribution in [0.15, 0.2) is 90.0 Å². The van der Waals surface area contributed by atoms with Crippen molar-refractivity contribution in [1.29, 1.82) is 0 Å². The van der Waals surface area contributed by atoms with Gasteiger partial charge in [0.05, 0.1) is 12.5 Å². The van der Waals surface area contributed by atoms with Crippen LogP contribution in [0.3, 0.4) is 0 Å². The first-order valence-corrected chi connectivity index (χ1v) is 12.8. The van der Waals surface area contributed by atoms with Crippen molar-refractivity contribution in [2.45, 2.75) is 31.6 Å². The van der Waals surface area contributed by atoms with E-state index in [0.29, 0.717) is 23.8 Å². The van der Waals surface area contributed by atoms with E-state index >= 15 is 0 Å². The molecule has 1 N–H and O–H groups in total. The Morgan fingerprint density at radius 3 is 2.50 bits per heavy atom. The quantitative estimate of drug-likeness (QED) is 0.199. The molecule has 0 aliphatic rings. The van der Waals surface area contributed by atoms with Crippen LogP contribution in [0.1, 0.15) is 29.7 Å². The lowest BCUT2D eigenvalue weighted by Crippen LogP contribution is -2.38. The molecule has 3 aromatic carbocycles. The van der Waals surface area contributed by atoms with Gasteiger partial charge in [0.15, 0.2) is 0 Å². The summed E-state index contributed by atoms with van der Waals surface area (Å²) in [5, 5.41) is 20.0.